The van der Waals surface area contributed by atoms with Crippen molar-refractivity contribution in [1.29, 1.82) is 5.26 Å². The third kappa shape index (κ3) is 3.01. The fraction of sp³-hybridized carbons (Fsp3) is 0.0714. The molecule has 0 radical (unpaired) electrons. The van der Waals surface area contributed by atoms with Crippen LogP contribution in [0.1, 0.15) is 11.1 Å². The average Bonchev–Trinajstić information content (AvgIpc) is 2.44. The van der Waals surface area contributed by atoms with Crippen molar-refractivity contribution in [2.45, 2.75) is 6.92 Å². The zero-order valence-electron chi connectivity index (χ0n) is 10.8. The second-order valence-corrected chi connectivity index (χ2v) is 4.97. The first kappa shape index (κ1) is 14.9. The van der Waals surface area contributed by atoms with Gasteiger partial charge < -0.3 is 4.74 Å². The molecule has 0 aliphatic heterocycles. The number of hydrogen-bond acceptors (Lipinski definition) is 4. The van der Waals surface area contributed by atoms with Crippen molar-refractivity contribution >= 4 is 21.6 Å². The van der Waals surface area contributed by atoms with E-state index in [1.807, 2.05) is 6.07 Å². The van der Waals surface area contributed by atoms with Crippen LogP contribution in [-0.4, -0.2) is 4.92 Å². The Hall–Kier alpha value is -2.46. The van der Waals surface area contributed by atoms with E-state index in [9.17, 15) is 14.5 Å². The molecule has 0 aromatic heterocycles. The third-order valence-corrected chi connectivity index (χ3v) is 3.47. The van der Waals surface area contributed by atoms with Crippen molar-refractivity contribution in [2.75, 3.05) is 0 Å². The van der Waals surface area contributed by atoms with E-state index in [2.05, 4.69) is 15.9 Å². The Bertz CT molecular complexity index is 772. The zero-order chi connectivity index (χ0) is 15.6. The average molecular weight is 351 g/mol. The second-order valence-electron chi connectivity index (χ2n) is 4.18. The van der Waals surface area contributed by atoms with Gasteiger partial charge in [0.1, 0.15) is 6.07 Å². The largest absolute Gasteiger partial charge is 0.447 e. The van der Waals surface area contributed by atoms with Crippen LogP contribution in [0.15, 0.2) is 34.8 Å². The number of nitriles is 1. The number of nitro benzene ring substituents is 1. The standard InChI is InChI=1S/C14H8BrFN2O3/c1-8-2-4-10(18(19)20)12(6-8)21-11-5-3-9(7-17)13(15)14(11)16/h2-6H,1H3. The first-order valence-electron chi connectivity index (χ1n) is 5.75. The summed E-state index contributed by atoms with van der Waals surface area (Å²) in [4.78, 5) is 10.3. The van der Waals surface area contributed by atoms with Crippen LogP contribution in [0.3, 0.4) is 0 Å². The van der Waals surface area contributed by atoms with Gasteiger partial charge in [-0.25, -0.2) is 4.39 Å². The SMILES string of the molecule is Cc1ccc([N+](=O)[O-])c(Oc2ccc(C#N)c(Br)c2F)c1. The molecule has 7 heteroatoms. The molecule has 0 spiro atoms. The van der Waals surface area contributed by atoms with Crippen LogP contribution >= 0.6 is 15.9 Å². The molecule has 0 heterocycles. The summed E-state index contributed by atoms with van der Waals surface area (Å²) in [6, 6.07) is 8.74. The maximum absolute atomic E-state index is 14.1. The summed E-state index contributed by atoms with van der Waals surface area (Å²) >= 11 is 2.96. The van der Waals surface area contributed by atoms with Crippen LogP contribution in [0.5, 0.6) is 11.5 Å². The lowest BCUT2D eigenvalue weighted by Gasteiger charge is -2.09. The summed E-state index contributed by atoms with van der Waals surface area (Å²) in [6.07, 6.45) is 0. The molecule has 0 N–H and O–H groups in total. The number of rotatable bonds is 3. The Balaban J connectivity index is 2.49. The number of ether oxygens (including phenoxy) is 1. The Morgan fingerprint density at radius 2 is 2.05 bits per heavy atom. The van der Waals surface area contributed by atoms with Crippen LogP contribution in [0.2, 0.25) is 0 Å². The number of nitro groups is 1. The van der Waals surface area contributed by atoms with Gasteiger partial charge in [-0.3, -0.25) is 10.1 Å². The highest BCUT2D eigenvalue weighted by molar-refractivity contribution is 9.10. The van der Waals surface area contributed by atoms with E-state index in [1.165, 1.54) is 24.3 Å². The Morgan fingerprint density at radius 1 is 1.33 bits per heavy atom. The molecule has 2 rings (SSSR count). The number of benzene rings is 2. The van der Waals surface area contributed by atoms with E-state index in [4.69, 9.17) is 10.00 Å². The Kier molecular flexibility index (Phi) is 4.19. The molecule has 0 bridgehead atoms. The van der Waals surface area contributed by atoms with Gasteiger partial charge in [-0.15, -0.1) is 0 Å². The summed E-state index contributed by atoms with van der Waals surface area (Å²) in [5.74, 6) is -1.05. The predicted octanol–water partition coefficient (Wildman–Crippen LogP) is 4.47. The molecule has 0 unspecified atom stereocenters. The van der Waals surface area contributed by atoms with Crippen LogP contribution < -0.4 is 4.74 Å². The lowest BCUT2D eigenvalue weighted by atomic mass is 10.2. The van der Waals surface area contributed by atoms with Crippen LogP contribution in [-0.2, 0) is 0 Å². The van der Waals surface area contributed by atoms with Crippen LogP contribution in [0.25, 0.3) is 0 Å². The third-order valence-electron chi connectivity index (χ3n) is 2.70. The summed E-state index contributed by atoms with van der Waals surface area (Å²) in [5.41, 5.74) is 0.586. The molecule has 5 nitrogen and oxygen atoms in total. The molecule has 2 aromatic rings. The normalized spacial score (nSPS) is 10.0. The van der Waals surface area contributed by atoms with Gasteiger partial charge in [-0.2, -0.15) is 5.26 Å². The first-order chi connectivity index (χ1) is 9.93. The lowest BCUT2D eigenvalue weighted by Crippen LogP contribution is -1.96. The number of nitrogens with zero attached hydrogens (tertiary/aromatic N) is 2. The van der Waals surface area contributed by atoms with E-state index < -0.39 is 10.7 Å². The van der Waals surface area contributed by atoms with E-state index in [0.717, 1.165) is 5.56 Å². The molecule has 0 atom stereocenters. The molecular formula is C14H8BrFN2O3. The number of halogens is 2. The van der Waals surface area contributed by atoms with Gasteiger partial charge in [-0.1, -0.05) is 6.07 Å². The molecule has 0 aliphatic carbocycles. The summed E-state index contributed by atoms with van der Waals surface area (Å²) in [6.45, 7) is 1.74. The van der Waals surface area contributed by atoms with Crippen molar-refractivity contribution in [3.63, 3.8) is 0 Å². The quantitative estimate of drug-likeness (QED) is 0.604. The zero-order valence-corrected chi connectivity index (χ0v) is 12.3. The van der Waals surface area contributed by atoms with Gasteiger partial charge >= 0.3 is 5.69 Å². The van der Waals surface area contributed by atoms with Crippen molar-refractivity contribution in [1.82, 2.24) is 0 Å². The Morgan fingerprint density at radius 3 is 2.67 bits per heavy atom. The van der Waals surface area contributed by atoms with Crippen molar-refractivity contribution in [3.05, 3.63) is 61.9 Å². The monoisotopic (exact) mass is 350 g/mol. The topological polar surface area (TPSA) is 76.2 Å². The smallest absolute Gasteiger partial charge is 0.311 e. The van der Waals surface area contributed by atoms with Gasteiger partial charge in [0.05, 0.1) is 15.0 Å². The molecule has 2 aromatic carbocycles. The highest BCUT2D eigenvalue weighted by Gasteiger charge is 2.19. The molecular weight excluding hydrogens is 343 g/mol. The lowest BCUT2D eigenvalue weighted by molar-refractivity contribution is -0.385. The van der Waals surface area contributed by atoms with E-state index >= 15 is 0 Å². The minimum Gasteiger partial charge on any atom is -0.447 e. The van der Waals surface area contributed by atoms with E-state index in [-0.39, 0.29) is 27.2 Å². The molecule has 21 heavy (non-hydrogen) atoms. The van der Waals surface area contributed by atoms with Crippen molar-refractivity contribution < 1.29 is 14.1 Å². The van der Waals surface area contributed by atoms with Gasteiger partial charge in [0.25, 0.3) is 0 Å². The Labute approximate surface area is 127 Å². The fourth-order valence-corrected chi connectivity index (χ4v) is 2.09. The summed E-state index contributed by atoms with van der Waals surface area (Å²) < 4.78 is 19.3. The highest BCUT2D eigenvalue weighted by Crippen LogP contribution is 2.36. The summed E-state index contributed by atoms with van der Waals surface area (Å²) in [7, 11) is 0. The van der Waals surface area contributed by atoms with Crippen LogP contribution in [0, 0.1) is 34.2 Å². The maximum Gasteiger partial charge on any atom is 0.311 e. The first-order valence-corrected chi connectivity index (χ1v) is 6.54. The summed E-state index contributed by atoms with van der Waals surface area (Å²) in [5, 5.41) is 19.8. The number of aryl methyl sites for hydroxylation is 1. The van der Waals surface area contributed by atoms with E-state index in [1.54, 1.807) is 13.0 Å². The predicted molar refractivity (Wildman–Crippen MR) is 76.7 cm³/mol. The minimum atomic E-state index is -0.787. The van der Waals surface area contributed by atoms with Gasteiger partial charge in [-0.05, 0) is 46.6 Å². The van der Waals surface area contributed by atoms with Gasteiger partial charge in [0.2, 0.25) is 5.75 Å². The minimum absolute atomic E-state index is 0.0437. The maximum atomic E-state index is 14.1. The fourth-order valence-electron chi connectivity index (χ4n) is 1.67. The molecule has 0 saturated heterocycles. The van der Waals surface area contributed by atoms with Crippen molar-refractivity contribution in [3.8, 4) is 17.6 Å². The molecule has 0 amide bonds. The van der Waals surface area contributed by atoms with Gasteiger partial charge in [0.15, 0.2) is 11.6 Å². The molecule has 106 valence electrons. The second kappa shape index (κ2) is 5.89. The highest BCUT2D eigenvalue weighted by atomic mass is 79.9. The molecule has 0 fully saturated rings. The molecule has 0 saturated carbocycles. The van der Waals surface area contributed by atoms with E-state index in [0.29, 0.717) is 0 Å². The molecule has 0 aliphatic rings. The van der Waals surface area contributed by atoms with Gasteiger partial charge in [0, 0.05) is 6.07 Å². The van der Waals surface area contributed by atoms with Crippen molar-refractivity contribution in [2.24, 2.45) is 0 Å². The number of hydrogen-bond donors (Lipinski definition) is 0. The van der Waals surface area contributed by atoms with Crippen LogP contribution in [0.4, 0.5) is 10.1 Å².